The average molecular weight is 134 g/mol. The van der Waals surface area contributed by atoms with Crippen molar-refractivity contribution in [2.24, 2.45) is 0 Å². The molecule has 0 aromatic heterocycles. The van der Waals surface area contributed by atoms with Crippen LogP contribution < -0.4 is 0 Å². The summed E-state index contributed by atoms with van der Waals surface area (Å²) in [4.78, 5) is 21.5. The number of esters is 2. The molecule has 48 valence electrons. The van der Waals surface area contributed by atoms with E-state index >= 15 is 0 Å². The Morgan fingerprint density at radius 1 is 1.40 bits per heavy atom. The fraction of sp³-hybridized carbons (Fsp3) is 0.250. The Morgan fingerprint density at radius 3 is 2.00 bits per heavy atom. The molecule has 0 aromatic carbocycles. The first-order valence-corrected chi connectivity index (χ1v) is 2.92. The number of hydrogen-bond donors (Lipinski definition) is 0. The Labute approximate surface area is 61.0 Å². The maximum atomic E-state index is 10.8. The summed E-state index contributed by atoms with van der Waals surface area (Å²) in [6.07, 6.45) is 0. The van der Waals surface area contributed by atoms with Gasteiger partial charge in [-0.25, -0.2) is 0 Å². The third kappa shape index (κ3) is 0.752. The first-order valence-electron chi connectivity index (χ1n) is 2.92. The molecule has 1 saturated heterocycles. The van der Waals surface area contributed by atoms with Gasteiger partial charge >= 0.3 is 60.1 Å². The molecule has 0 aliphatic carbocycles. The van der Waals surface area contributed by atoms with Crippen molar-refractivity contribution in [1.29, 1.82) is 0 Å². The molecule has 1 fully saturated rings. The summed E-state index contributed by atoms with van der Waals surface area (Å²) in [5.41, 5.74) is 0.234. The maximum absolute atomic E-state index is 10.8. The average Bonchev–Trinajstić information content (AvgIpc) is 1.97. The molecule has 0 aromatic rings. The standard InChI is InChI=1S/C4H5B3O3/c5-1-2(8)10-3(9)4(1,6)7/h5H,6-7H2. The van der Waals surface area contributed by atoms with Gasteiger partial charge in [-0.05, 0) is 0 Å². The summed E-state index contributed by atoms with van der Waals surface area (Å²) < 4.78 is 4.31. The minimum atomic E-state index is -0.822. The van der Waals surface area contributed by atoms with E-state index in [2.05, 4.69) is 12.2 Å². The molecule has 0 amide bonds. The van der Waals surface area contributed by atoms with Crippen LogP contribution >= 0.6 is 0 Å². The zero-order valence-corrected chi connectivity index (χ0v) is 5.93. The molecule has 3 nitrogen and oxygen atoms in total. The van der Waals surface area contributed by atoms with Crippen molar-refractivity contribution in [3.63, 3.8) is 0 Å². The quantitative estimate of drug-likeness (QED) is 0.196. The van der Waals surface area contributed by atoms with E-state index in [1.165, 1.54) is 0 Å². The summed E-state index contributed by atoms with van der Waals surface area (Å²) in [6.45, 7) is 0. The molecule has 0 spiro atoms. The molecule has 0 atom stereocenters. The normalized spacial score (nSPS) is 22.9. The SMILES string of the molecule is B=C1C(=O)OC(=O)C1(B)B. The van der Waals surface area contributed by atoms with Crippen LogP contribution in [0.2, 0.25) is 5.21 Å². The number of rotatable bonds is 0. The van der Waals surface area contributed by atoms with Gasteiger partial charge in [-0.3, -0.25) is 0 Å². The molecule has 0 saturated carbocycles. The van der Waals surface area contributed by atoms with Crippen LogP contribution in [0, 0.1) is 0 Å². The van der Waals surface area contributed by atoms with Gasteiger partial charge in [0.05, 0.1) is 0 Å². The van der Waals surface area contributed by atoms with Crippen molar-refractivity contribution < 1.29 is 14.3 Å². The minimum absolute atomic E-state index is 0.234. The van der Waals surface area contributed by atoms with E-state index in [0.717, 1.165) is 0 Å². The Balaban J connectivity index is 3.08. The molecule has 0 unspecified atom stereocenters. The Bertz CT molecular complexity index is 232. The molecule has 1 rings (SSSR count). The third-order valence-corrected chi connectivity index (χ3v) is 1.70. The second-order valence-electron chi connectivity index (χ2n) is 2.78. The van der Waals surface area contributed by atoms with Crippen LogP contribution in [0.5, 0.6) is 0 Å². The van der Waals surface area contributed by atoms with Gasteiger partial charge in [0.2, 0.25) is 0 Å². The Kier molecular flexibility index (Phi) is 1.35. The van der Waals surface area contributed by atoms with E-state index in [-0.39, 0.29) is 5.46 Å². The molecular weight excluding hydrogens is 128 g/mol. The second-order valence-corrected chi connectivity index (χ2v) is 2.78. The topological polar surface area (TPSA) is 43.4 Å². The molecular formula is C4H5B3O3. The number of ether oxygens (including phenoxy) is 1. The monoisotopic (exact) mass is 134 g/mol. The van der Waals surface area contributed by atoms with E-state index < -0.39 is 17.2 Å². The molecule has 1 aliphatic heterocycles. The Hall–Kier alpha value is -0.795. The van der Waals surface area contributed by atoms with Crippen molar-refractivity contribution >= 4 is 40.6 Å². The van der Waals surface area contributed by atoms with Crippen LogP contribution in [0.25, 0.3) is 0 Å². The van der Waals surface area contributed by atoms with Crippen molar-refractivity contribution in [2.45, 2.75) is 5.21 Å². The fourth-order valence-electron chi connectivity index (χ4n) is 0.652. The van der Waals surface area contributed by atoms with Crippen LogP contribution in [0.3, 0.4) is 0 Å². The van der Waals surface area contributed by atoms with Gasteiger partial charge in [0.1, 0.15) is 0 Å². The fourth-order valence-corrected chi connectivity index (χ4v) is 0.652. The first kappa shape index (κ1) is 7.31. The molecule has 10 heavy (non-hydrogen) atoms. The molecule has 6 heteroatoms. The van der Waals surface area contributed by atoms with Crippen LogP contribution in [0.1, 0.15) is 0 Å². The van der Waals surface area contributed by atoms with E-state index in [0.29, 0.717) is 0 Å². The predicted octanol–water partition coefficient (Wildman–Crippen LogP) is -3.47. The Morgan fingerprint density at radius 2 is 1.90 bits per heavy atom. The molecule has 1 aliphatic rings. The van der Waals surface area contributed by atoms with Crippen molar-refractivity contribution in [3.05, 3.63) is 0 Å². The van der Waals surface area contributed by atoms with E-state index in [1.807, 2.05) is 0 Å². The van der Waals surface area contributed by atoms with Crippen molar-refractivity contribution in [2.75, 3.05) is 0 Å². The van der Waals surface area contributed by atoms with Gasteiger partial charge in [0, 0.05) is 0 Å². The number of carbonyl (C=O) groups is 2. The summed E-state index contributed by atoms with van der Waals surface area (Å²) in [6, 6.07) is 0. The van der Waals surface area contributed by atoms with Gasteiger partial charge in [-0.1, -0.05) is 0 Å². The zero-order valence-electron chi connectivity index (χ0n) is 5.93. The zero-order chi connectivity index (χ0) is 7.94. The van der Waals surface area contributed by atoms with E-state index in [4.69, 9.17) is 0 Å². The van der Waals surface area contributed by atoms with Crippen molar-refractivity contribution in [1.82, 2.24) is 0 Å². The molecule has 0 N–H and O–H groups in total. The van der Waals surface area contributed by atoms with Crippen LogP contribution in [-0.2, 0) is 14.3 Å². The summed E-state index contributed by atoms with van der Waals surface area (Å²) >= 11 is 0. The number of carbonyl (C=O) groups excluding carboxylic acids is 2. The van der Waals surface area contributed by atoms with E-state index in [1.54, 1.807) is 15.7 Å². The van der Waals surface area contributed by atoms with Gasteiger partial charge in [0.15, 0.2) is 0 Å². The van der Waals surface area contributed by atoms with Crippen molar-refractivity contribution in [3.8, 4) is 0 Å². The summed E-state index contributed by atoms with van der Waals surface area (Å²) in [7, 11) is 6.67. The van der Waals surface area contributed by atoms with Gasteiger partial charge in [-0.15, -0.1) is 0 Å². The van der Waals surface area contributed by atoms with Crippen LogP contribution in [0.15, 0.2) is 0 Å². The molecule has 0 bridgehead atoms. The van der Waals surface area contributed by atoms with Crippen LogP contribution in [0.4, 0.5) is 0 Å². The van der Waals surface area contributed by atoms with E-state index in [9.17, 15) is 9.59 Å². The first-order chi connectivity index (χ1) is 4.46. The van der Waals surface area contributed by atoms with Crippen LogP contribution in [-0.4, -0.2) is 40.6 Å². The predicted molar refractivity (Wildman–Crippen MR) is 43.0 cm³/mol. The summed E-state index contributed by atoms with van der Waals surface area (Å²) in [5.74, 6) is -1.11. The molecule has 0 radical (unpaired) electrons. The number of hydrogen-bond acceptors (Lipinski definition) is 3. The third-order valence-electron chi connectivity index (χ3n) is 1.70. The van der Waals surface area contributed by atoms with Gasteiger partial charge < -0.3 is 0 Å². The van der Waals surface area contributed by atoms with Gasteiger partial charge in [0.25, 0.3) is 0 Å². The number of cyclic esters (lactones) is 2. The van der Waals surface area contributed by atoms with Gasteiger partial charge in [-0.2, -0.15) is 0 Å². The molecule has 1 heterocycles. The second kappa shape index (κ2) is 1.84. The summed E-state index contributed by atoms with van der Waals surface area (Å²) in [5, 5.41) is -0.822.